The lowest BCUT2D eigenvalue weighted by Gasteiger charge is -2.08. The fourth-order valence-electron chi connectivity index (χ4n) is 2.76. The van der Waals surface area contributed by atoms with Crippen molar-refractivity contribution in [2.75, 3.05) is 0 Å². The van der Waals surface area contributed by atoms with Gasteiger partial charge in [-0.2, -0.15) is 0 Å². The molecule has 2 N–H and O–H groups in total. The third kappa shape index (κ3) is 10.2. The highest BCUT2D eigenvalue weighted by Gasteiger charge is 2.28. The van der Waals surface area contributed by atoms with Gasteiger partial charge in [-0.15, -0.1) is 0 Å². The monoisotopic (exact) mass is 284 g/mol. The molecular formula is C17H32O3. The second kappa shape index (κ2) is 11.1. The molecule has 0 spiro atoms. The van der Waals surface area contributed by atoms with E-state index in [0.717, 1.165) is 19.3 Å². The number of aliphatic hydroxyl groups excluding tert-OH is 1. The Balaban J connectivity index is 1.69. The van der Waals surface area contributed by atoms with Crippen molar-refractivity contribution in [2.45, 2.75) is 96.0 Å². The maximum Gasteiger partial charge on any atom is 0.303 e. The zero-order valence-electron chi connectivity index (χ0n) is 12.9. The van der Waals surface area contributed by atoms with E-state index in [0.29, 0.717) is 12.3 Å². The molecule has 0 aromatic carbocycles. The van der Waals surface area contributed by atoms with Crippen LogP contribution in [0.25, 0.3) is 0 Å². The maximum atomic E-state index is 10.3. The first-order valence-electron chi connectivity index (χ1n) is 8.60. The Morgan fingerprint density at radius 1 is 0.850 bits per heavy atom. The summed E-state index contributed by atoms with van der Waals surface area (Å²) in [5.41, 5.74) is 0. The number of rotatable bonds is 14. The van der Waals surface area contributed by atoms with E-state index in [-0.39, 0.29) is 6.10 Å². The molecule has 1 unspecified atom stereocenters. The Labute approximate surface area is 123 Å². The van der Waals surface area contributed by atoms with Crippen LogP contribution in [0.3, 0.4) is 0 Å². The molecule has 0 aliphatic heterocycles. The van der Waals surface area contributed by atoms with Gasteiger partial charge in [-0.05, 0) is 31.6 Å². The van der Waals surface area contributed by atoms with Crippen molar-refractivity contribution >= 4 is 5.97 Å². The number of hydrogen-bond donors (Lipinski definition) is 2. The van der Waals surface area contributed by atoms with Gasteiger partial charge in [0.15, 0.2) is 0 Å². The van der Waals surface area contributed by atoms with Crippen molar-refractivity contribution in [2.24, 2.45) is 5.92 Å². The van der Waals surface area contributed by atoms with Crippen molar-refractivity contribution in [3.05, 3.63) is 0 Å². The average molecular weight is 284 g/mol. The summed E-state index contributed by atoms with van der Waals surface area (Å²) in [6.07, 6.45) is 15.8. The van der Waals surface area contributed by atoms with Crippen LogP contribution in [-0.2, 0) is 4.79 Å². The van der Waals surface area contributed by atoms with Crippen LogP contribution in [0.2, 0.25) is 0 Å². The first kappa shape index (κ1) is 17.5. The van der Waals surface area contributed by atoms with Crippen LogP contribution in [0.15, 0.2) is 0 Å². The first-order chi connectivity index (χ1) is 9.70. The minimum absolute atomic E-state index is 0.0131. The Bertz CT molecular complexity index is 249. The first-order valence-corrected chi connectivity index (χ1v) is 8.60. The van der Waals surface area contributed by atoms with Crippen molar-refractivity contribution in [3.63, 3.8) is 0 Å². The highest BCUT2D eigenvalue weighted by Crippen LogP contribution is 2.34. The predicted octanol–water partition coefficient (Wildman–Crippen LogP) is 4.52. The zero-order valence-corrected chi connectivity index (χ0v) is 12.9. The fourth-order valence-corrected chi connectivity index (χ4v) is 2.76. The van der Waals surface area contributed by atoms with Gasteiger partial charge in [0.05, 0.1) is 6.10 Å². The molecule has 1 fully saturated rings. The molecule has 0 aromatic heterocycles. The van der Waals surface area contributed by atoms with Crippen LogP contribution >= 0.6 is 0 Å². The molecule has 1 saturated carbocycles. The molecule has 0 radical (unpaired) electrons. The number of carboxylic acids is 1. The van der Waals surface area contributed by atoms with Crippen molar-refractivity contribution in [1.29, 1.82) is 0 Å². The van der Waals surface area contributed by atoms with Gasteiger partial charge in [-0.3, -0.25) is 4.79 Å². The van der Waals surface area contributed by atoms with Gasteiger partial charge in [0.25, 0.3) is 0 Å². The molecule has 1 rings (SSSR count). The molecule has 3 nitrogen and oxygen atoms in total. The van der Waals surface area contributed by atoms with Gasteiger partial charge in [0.2, 0.25) is 0 Å². The minimum atomic E-state index is -0.670. The van der Waals surface area contributed by atoms with Crippen LogP contribution in [0.5, 0.6) is 0 Å². The molecule has 118 valence electrons. The van der Waals surface area contributed by atoms with E-state index in [9.17, 15) is 9.90 Å². The summed E-state index contributed by atoms with van der Waals surface area (Å²) in [7, 11) is 0. The summed E-state index contributed by atoms with van der Waals surface area (Å²) in [4.78, 5) is 10.3. The van der Waals surface area contributed by atoms with Crippen LogP contribution in [0.4, 0.5) is 0 Å². The molecular weight excluding hydrogens is 252 g/mol. The summed E-state index contributed by atoms with van der Waals surface area (Å²) in [5, 5.41) is 18.2. The fraction of sp³-hybridized carbons (Fsp3) is 0.941. The largest absolute Gasteiger partial charge is 0.481 e. The number of aliphatic carboxylic acids is 1. The number of aliphatic hydroxyl groups is 1. The SMILES string of the molecule is O=C(O)CCCCCCCCCCCCC(O)C1CC1. The Morgan fingerprint density at radius 3 is 1.75 bits per heavy atom. The predicted molar refractivity (Wildman–Crippen MR) is 81.8 cm³/mol. The van der Waals surface area contributed by atoms with Crippen LogP contribution < -0.4 is 0 Å². The van der Waals surface area contributed by atoms with Crippen molar-refractivity contribution in [3.8, 4) is 0 Å². The topological polar surface area (TPSA) is 57.5 Å². The van der Waals surface area contributed by atoms with Gasteiger partial charge in [0.1, 0.15) is 0 Å². The Hall–Kier alpha value is -0.570. The number of unbranched alkanes of at least 4 members (excludes halogenated alkanes) is 9. The molecule has 1 aliphatic rings. The number of carboxylic acid groups (broad SMARTS) is 1. The number of carbonyl (C=O) groups is 1. The Kier molecular flexibility index (Phi) is 9.73. The highest BCUT2D eigenvalue weighted by atomic mass is 16.4. The van der Waals surface area contributed by atoms with Gasteiger partial charge < -0.3 is 10.2 Å². The summed E-state index contributed by atoms with van der Waals surface area (Å²) < 4.78 is 0. The average Bonchev–Trinajstić information content (AvgIpc) is 3.23. The highest BCUT2D eigenvalue weighted by molar-refractivity contribution is 5.66. The molecule has 20 heavy (non-hydrogen) atoms. The Morgan fingerprint density at radius 2 is 1.30 bits per heavy atom. The van der Waals surface area contributed by atoms with Gasteiger partial charge in [-0.25, -0.2) is 0 Å². The van der Waals surface area contributed by atoms with Crippen molar-refractivity contribution in [1.82, 2.24) is 0 Å². The maximum absolute atomic E-state index is 10.3. The van der Waals surface area contributed by atoms with Gasteiger partial charge >= 0.3 is 5.97 Å². The third-order valence-corrected chi connectivity index (χ3v) is 4.31. The lowest BCUT2D eigenvalue weighted by Crippen LogP contribution is -2.08. The second-order valence-electron chi connectivity index (χ2n) is 6.37. The van der Waals surface area contributed by atoms with E-state index in [1.54, 1.807) is 0 Å². The molecule has 0 aromatic rings. The molecule has 1 aliphatic carbocycles. The summed E-state index contributed by atoms with van der Waals surface area (Å²) >= 11 is 0. The van der Waals surface area contributed by atoms with Crippen LogP contribution in [-0.4, -0.2) is 22.3 Å². The number of hydrogen-bond acceptors (Lipinski definition) is 2. The van der Waals surface area contributed by atoms with E-state index in [4.69, 9.17) is 5.11 Å². The van der Waals surface area contributed by atoms with E-state index in [1.165, 1.54) is 64.2 Å². The molecule has 0 heterocycles. The van der Waals surface area contributed by atoms with E-state index in [2.05, 4.69) is 0 Å². The van der Waals surface area contributed by atoms with E-state index < -0.39 is 5.97 Å². The molecule has 0 saturated heterocycles. The van der Waals surface area contributed by atoms with Gasteiger partial charge in [0, 0.05) is 6.42 Å². The van der Waals surface area contributed by atoms with Crippen molar-refractivity contribution < 1.29 is 15.0 Å². The normalized spacial score (nSPS) is 16.2. The molecule has 0 amide bonds. The lowest BCUT2D eigenvalue weighted by molar-refractivity contribution is -0.137. The molecule has 3 heteroatoms. The summed E-state index contributed by atoms with van der Waals surface area (Å²) in [5.74, 6) is -0.0343. The van der Waals surface area contributed by atoms with Crippen LogP contribution in [0.1, 0.15) is 89.9 Å². The zero-order chi connectivity index (χ0) is 14.6. The quantitative estimate of drug-likeness (QED) is 0.461. The smallest absolute Gasteiger partial charge is 0.303 e. The standard InChI is InChI=1S/C17H32O3/c18-16(15-13-14-15)11-9-7-5-3-1-2-4-6-8-10-12-17(19)20/h15-16,18H,1-14H2,(H,19,20). The van der Waals surface area contributed by atoms with E-state index in [1.807, 2.05) is 0 Å². The van der Waals surface area contributed by atoms with Gasteiger partial charge in [-0.1, -0.05) is 57.8 Å². The minimum Gasteiger partial charge on any atom is -0.481 e. The summed E-state index contributed by atoms with van der Waals surface area (Å²) in [6, 6.07) is 0. The van der Waals surface area contributed by atoms with E-state index >= 15 is 0 Å². The van der Waals surface area contributed by atoms with Crippen LogP contribution in [0, 0.1) is 5.92 Å². The molecule has 1 atom stereocenters. The lowest BCUT2D eigenvalue weighted by atomic mass is 10.0. The second-order valence-corrected chi connectivity index (χ2v) is 6.37. The third-order valence-electron chi connectivity index (χ3n) is 4.31. The summed E-state index contributed by atoms with van der Waals surface area (Å²) in [6.45, 7) is 0. The molecule has 0 bridgehead atoms.